The van der Waals surface area contributed by atoms with Gasteiger partial charge in [0, 0.05) is 11.4 Å². The lowest BCUT2D eigenvalue weighted by Gasteiger charge is -2.19. The van der Waals surface area contributed by atoms with Crippen molar-refractivity contribution in [2.45, 2.75) is 33.4 Å². The van der Waals surface area contributed by atoms with Gasteiger partial charge in [-0.05, 0) is 32.4 Å². The molecule has 0 aliphatic carbocycles. The smallest absolute Gasteiger partial charge is 0.356 e. The Morgan fingerprint density at radius 2 is 1.43 bits per heavy atom. The molecule has 2 N–H and O–H groups in total. The zero-order valence-corrected chi connectivity index (χ0v) is 11.9. The van der Waals surface area contributed by atoms with Crippen LogP contribution in [0, 0.1) is 13.8 Å². The van der Waals surface area contributed by atoms with Crippen LogP contribution in [0.15, 0.2) is 12.1 Å². The first-order valence-corrected chi connectivity index (χ1v) is 6.44. The summed E-state index contributed by atoms with van der Waals surface area (Å²) in [4.78, 5) is 22.0. The normalized spacial score (nSPS) is 11.0. The molecule has 0 atom stereocenters. The van der Waals surface area contributed by atoms with Gasteiger partial charge >= 0.3 is 11.9 Å². The first kappa shape index (κ1) is 14.8. The minimum Gasteiger partial charge on any atom is -0.476 e. The highest BCUT2D eigenvalue weighted by Crippen LogP contribution is 2.19. The molecule has 0 spiro atoms. The van der Waals surface area contributed by atoms with Crippen molar-refractivity contribution in [2.24, 2.45) is 0 Å². The van der Waals surface area contributed by atoms with Crippen LogP contribution in [0.25, 0.3) is 0 Å². The first-order chi connectivity index (χ1) is 9.85. The van der Waals surface area contributed by atoms with Crippen molar-refractivity contribution in [3.8, 4) is 0 Å². The number of hydrogen-bond donors (Lipinski definition) is 2. The average Bonchev–Trinajstić information content (AvgIpc) is 2.96. The fourth-order valence-corrected chi connectivity index (χ4v) is 2.24. The van der Waals surface area contributed by atoms with Gasteiger partial charge in [-0.1, -0.05) is 6.92 Å². The maximum atomic E-state index is 11.0. The second-order valence-corrected chi connectivity index (χ2v) is 4.73. The monoisotopic (exact) mass is 292 g/mol. The lowest BCUT2D eigenvalue weighted by Crippen LogP contribution is -2.22. The van der Waals surface area contributed by atoms with E-state index in [1.165, 1.54) is 12.1 Å². The molecule has 2 heterocycles. The number of carboxylic acids is 2. The second kappa shape index (κ2) is 5.39. The minimum atomic E-state index is -1.10. The number of hydrogen-bond acceptors (Lipinski definition) is 4. The average molecular weight is 292 g/mol. The van der Waals surface area contributed by atoms with E-state index in [9.17, 15) is 9.59 Å². The summed E-state index contributed by atoms with van der Waals surface area (Å²) in [6, 6.07) is 2.95. The Morgan fingerprint density at radius 3 is 1.67 bits per heavy atom. The van der Waals surface area contributed by atoms with E-state index in [1.54, 1.807) is 23.2 Å². The van der Waals surface area contributed by atoms with Crippen molar-refractivity contribution >= 4 is 11.9 Å². The molecule has 0 radical (unpaired) electrons. The summed E-state index contributed by atoms with van der Waals surface area (Å²) in [6.45, 7) is 5.39. The van der Waals surface area contributed by atoms with Crippen LogP contribution in [0.4, 0.5) is 0 Å². The van der Waals surface area contributed by atoms with Crippen molar-refractivity contribution in [1.82, 2.24) is 19.6 Å². The van der Waals surface area contributed by atoms with E-state index in [0.29, 0.717) is 17.8 Å². The van der Waals surface area contributed by atoms with Crippen LogP contribution < -0.4 is 0 Å². The highest BCUT2D eigenvalue weighted by molar-refractivity contribution is 5.85. The predicted octanol–water partition coefficient (Wildman–Crippen LogP) is 1.55. The maximum absolute atomic E-state index is 11.0. The van der Waals surface area contributed by atoms with Crippen molar-refractivity contribution in [2.75, 3.05) is 0 Å². The molecule has 0 fully saturated rings. The molecule has 0 bridgehead atoms. The van der Waals surface area contributed by atoms with Crippen LogP contribution in [0.3, 0.4) is 0 Å². The SMILES string of the molecule is CCC(n1nc(C(=O)O)cc1C)n1nc(C(=O)O)cc1C. The molecule has 2 rings (SSSR count). The van der Waals surface area contributed by atoms with E-state index >= 15 is 0 Å². The molecule has 0 aliphatic rings. The summed E-state index contributed by atoms with van der Waals surface area (Å²) in [6.07, 6.45) is 0.217. The predicted molar refractivity (Wildman–Crippen MR) is 72.6 cm³/mol. The molecule has 8 heteroatoms. The zero-order valence-electron chi connectivity index (χ0n) is 11.9. The molecule has 0 amide bonds. The van der Waals surface area contributed by atoms with E-state index < -0.39 is 11.9 Å². The molecular weight excluding hydrogens is 276 g/mol. The summed E-state index contributed by atoms with van der Waals surface area (Å²) in [5.74, 6) is -2.20. The summed E-state index contributed by atoms with van der Waals surface area (Å²) in [7, 11) is 0. The van der Waals surface area contributed by atoms with Crippen LogP contribution in [-0.4, -0.2) is 41.7 Å². The van der Waals surface area contributed by atoms with E-state index in [4.69, 9.17) is 10.2 Å². The second-order valence-electron chi connectivity index (χ2n) is 4.73. The van der Waals surface area contributed by atoms with Crippen LogP contribution in [0.5, 0.6) is 0 Å². The lowest BCUT2D eigenvalue weighted by atomic mass is 10.3. The van der Waals surface area contributed by atoms with Gasteiger partial charge in [0.1, 0.15) is 6.17 Å². The van der Waals surface area contributed by atoms with Gasteiger partial charge < -0.3 is 10.2 Å². The van der Waals surface area contributed by atoms with E-state index in [0.717, 1.165) is 0 Å². The Hall–Kier alpha value is -2.64. The summed E-state index contributed by atoms with van der Waals surface area (Å²) in [5, 5.41) is 26.1. The molecule has 2 aromatic rings. The highest BCUT2D eigenvalue weighted by Gasteiger charge is 2.21. The Bertz CT molecular complexity index is 643. The summed E-state index contributed by atoms with van der Waals surface area (Å²) >= 11 is 0. The van der Waals surface area contributed by atoms with Crippen LogP contribution >= 0.6 is 0 Å². The van der Waals surface area contributed by atoms with Gasteiger partial charge in [-0.2, -0.15) is 10.2 Å². The number of carbonyl (C=O) groups is 2. The van der Waals surface area contributed by atoms with Crippen LogP contribution in [0.1, 0.15) is 51.9 Å². The highest BCUT2D eigenvalue weighted by atomic mass is 16.4. The van der Waals surface area contributed by atoms with Gasteiger partial charge in [-0.15, -0.1) is 0 Å². The third-order valence-electron chi connectivity index (χ3n) is 3.21. The van der Waals surface area contributed by atoms with Crippen LogP contribution in [0.2, 0.25) is 0 Å². The molecule has 0 saturated heterocycles. The summed E-state index contributed by atoms with van der Waals surface area (Å²) < 4.78 is 3.10. The lowest BCUT2D eigenvalue weighted by molar-refractivity contribution is 0.0679. The van der Waals surface area contributed by atoms with Crippen LogP contribution in [-0.2, 0) is 0 Å². The Labute approximate surface area is 120 Å². The van der Waals surface area contributed by atoms with Crippen molar-refractivity contribution < 1.29 is 19.8 Å². The van der Waals surface area contributed by atoms with E-state index in [1.807, 2.05) is 6.92 Å². The standard InChI is InChI=1S/C13H16N4O4/c1-4-11(16-7(2)5-9(14-16)12(18)19)17-8(3)6-10(15-17)13(20)21/h5-6,11H,4H2,1-3H3,(H,18,19)(H,20,21). The minimum absolute atomic E-state index is 0.0470. The van der Waals surface area contributed by atoms with E-state index in [-0.39, 0.29) is 17.6 Å². The van der Waals surface area contributed by atoms with Gasteiger partial charge in [0.05, 0.1) is 0 Å². The molecule has 0 aromatic carbocycles. The number of aromatic carboxylic acids is 2. The maximum Gasteiger partial charge on any atom is 0.356 e. The Balaban J connectivity index is 2.49. The first-order valence-electron chi connectivity index (χ1n) is 6.44. The number of carboxylic acid groups (broad SMARTS) is 2. The molecule has 21 heavy (non-hydrogen) atoms. The molecule has 112 valence electrons. The molecule has 0 saturated carbocycles. The molecule has 2 aromatic heterocycles. The van der Waals surface area contributed by atoms with E-state index in [2.05, 4.69) is 10.2 Å². The Kier molecular flexibility index (Phi) is 3.79. The molecule has 8 nitrogen and oxygen atoms in total. The summed E-state index contributed by atoms with van der Waals surface area (Å²) in [5.41, 5.74) is 1.25. The quantitative estimate of drug-likeness (QED) is 0.865. The van der Waals surface area contributed by atoms with Gasteiger partial charge in [-0.3, -0.25) is 0 Å². The van der Waals surface area contributed by atoms with Crippen molar-refractivity contribution in [1.29, 1.82) is 0 Å². The third-order valence-corrected chi connectivity index (χ3v) is 3.21. The number of nitrogens with zero attached hydrogens (tertiary/aromatic N) is 4. The third kappa shape index (κ3) is 2.64. The van der Waals surface area contributed by atoms with Gasteiger partial charge in [0.25, 0.3) is 0 Å². The fraction of sp³-hybridized carbons (Fsp3) is 0.385. The molecular formula is C13H16N4O4. The zero-order chi connectivity index (χ0) is 15.7. The fourth-order valence-electron chi connectivity index (χ4n) is 2.24. The molecule has 0 aliphatic heterocycles. The number of rotatable bonds is 5. The largest absolute Gasteiger partial charge is 0.476 e. The molecule has 0 unspecified atom stereocenters. The van der Waals surface area contributed by atoms with Crippen molar-refractivity contribution in [3.63, 3.8) is 0 Å². The topological polar surface area (TPSA) is 110 Å². The Morgan fingerprint density at radius 1 is 1.05 bits per heavy atom. The van der Waals surface area contributed by atoms with Gasteiger partial charge in [0.2, 0.25) is 0 Å². The number of aromatic nitrogens is 4. The van der Waals surface area contributed by atoms with Gasteiger partial charge in [-0.25, -0.2) is 19.0 Å². The van der Waals surface area contributed by atoms with Gasteiger partial charge in [0.15, 0.2) is 11.4 Å². The van der Waals surface area contributed by atoms with Crippen molar-refractivity contribution in [3.05, 3.63) is 34.9 Å². The number of aryl methyl sites for hydroxylation is 2.